The molecule has 0 fully saturated rings. The molecule has 1 aromatic rings. The van der Waals surface area contributed by atoms with Gasteiger partial charge in [-0.1, -0.05) is 26.8 Å². The maximum absolute atomic E-state index is 10.8. The van der Waals surface area contributed by atoms with E-state index in [2.05, 4.69) is 59.8 Å². The Kier molecular flexibility index (Phi) is 5.57. The monoisotopic (exact) mass is 263 g/mol. The summed E-state index contributed by atoms with van der Waals surface area (Å²) >= 11 is 0. The molecule has 2 heteroatoms. The van der Waals surface area contributed by atoms with Gasteiger partial charge in [0.25, 0.3) is 0 Å². The fraction of sp³-hybridized carbons (Fsp3) is 0.647. The molecule has 2 N–H and O–H groups in total. The Labute approximate surface area is 118 Å². The lowest BCUT2D eigenvalue weighted by atomic mass is 9.87. The quantitative estimate of drug-likeness (QED) is 0.848. The summed E-state index contributed by atoms with van der Waals surface area (Å²) in [7, 11) is 0. The van der Waals surface area contributed by atoms with Crippen molar-refractivity contribution in [1.82, 2.24) is 5.32 Å². The van der Waals surface area contributed by atoms with Crippen molar-refractivity contribution in [3.63, 3.8) is 0 Å². The molecule has 0 aliphatic rings. The largest absolute Gasteiger partial charge is 0.387 e. The van der Waals surface area contributed by atoms with Crippen molar-refractivity contribution >= 4 is 0 Å². The molecule has 0 amide bonds. The van der Waals surface area contributed by atoms with Gasteiger partial charge in [-0.15, -0.1) is 0 Å². The van der Waals surface area contributed by atoms with E-state index >= 15 is 0 Å². The van der Waals surface area contributed by atoms with Crippen LogP contribution in [-0.4, -0.2) is 17.2 Å². The summed E-state index contributed by atoms with van der Waals surface area (Å²) in [6.45, 7) is 14.8. The van der Waals surface area contributed by atoms with Crippen molar-refractivity contribution in [1.29, 1.82) is 0 Å². The van der Waals surface area contributed by atoms with E-state index in [1.165, 1.54) is 22.3 Å². The smallest absolute Gasteiger partial charge is 0.0948 e. The van der Waals surface area contributed by atoms with E-state index in [4.69, 9.17) is 0 Å². The zero-order chi connectivity index (χ0) is 14.7. The highest BCUT2D eigenvalue weighted by molar-refractivity contribution is 5.45. The first-order valence-corrected chi connectivity index (χ1v) is 7.30. The number of nitrogens with one attached hydrogen (secondary N) is 1. The number of hydrogen-bond donors (Lipinski definition) is 2. The SMILES string of the molecule is CCC(NC(C)C)C(O)c1c(C)c(C)cc(C)c1C. The van der Waals surface area contributed by atoms with Crippen LogP contribution in [0.1, 0.15) is 61.1 Å². The zero-order valence-corrected chi connectivity index (χ0v) is 13.5. The first-order chi connectivity index (χ1) is 8.79. The van der Waals surface area contributed by atoms with Crippen molar-refractivity contribution in [2.45, 2.75) is 73.1 Å². The van der Waals surface area contributed by atoms with Gasteiger partial charge in [-0.2, -0.15) is 0 Å². The third-order valence-electron chi connectivity index (χ3n) is 4.09. The van der Waals surface area contributed by atoms with Gasteiger partial charge in [0.2, 0.25) is 0 Å². The normalized spacial score (nSPS) is 14.8. The van der Waals surface area contributed by atoms with Crippen LogP contribution in [-0.2, 0) is 0 Å². The minimum atomic E-state index is -0.439. The molecule has 0 heterocycles. The molecule has 2 unspecified atom stereocenters. The minimum Gasteiger partial charge on any atom is -0.387 e. The first kappa shape index (κ1) is 16.2. The number of hydrogen-bond acceptors (Lipinski definition) is 2. The second-order valence-electron chi connectivity index (χ2n) is 5.95. The molecule has 108 valence electrons. The Morgan fingerprint density at radius 3 is 1.89 bits per heavy atom. The predicted octanol–water partition coefficient (Wildman–Crippen LogP) is 3.73. The molecule has 1 rings (SSSR count). The first-order valence-electron chi connectivity index (χ1n) is 7.30. The van der Waals surface area contributed by atoms with Crippen molar-refractivity contribution in [2.75, 3.05) is 0 Å². The van der Waals surface area contributed by atoms with Gasteiger partial charge in [0, 0.05) is 12.1 Å². The van der Waals surface area contributed by atoms with Gasteiger partial charge in [0.05, 0.1) is 6.10 Å². The summed E-state index contributed by atoms with van der Waals surface area (Å²) in [5.41, 5.74) is 6.07. The van der Waals surface area contributed by atoms with E-state index in [9.17, 15) is 5.11 Å². The molecular formula is C17H29NO. The fourth-order valence-corrected chi connectivity index (χ4v) is 2.75. The second-order valence-corrected chi connectivity index (χ2v) is 5.95. The topological polar surface area (TPSA) is 32.3 Å². The lowest BCUT2D eigenvalue weighted by molar-refractivity contribution is 0.120. The Balaban J connectivity index is 3.21. The molecule has 0 aromatic heterocycles. The lowest BCUT2D eigenvalue weighted by Gasteiger charge is -2.29. The van der Waals surface area contributed by atoms with E-state index in [0.29, 0.717) is 6.04 Å². The van der Waals surface area contributed by atoms with Crippen LogP contribution in [0.5, 0.6) is 0 Å². The van der Waals surface area contributed by atoms with Gasteiger partial charge < -0.3 is 10.4 Å². The number of benzene rings is 1. The Hall–Kier alpha value is -0.860. The molecule has 0 spiro atoms. The summed E-state index contributed by atoms with van der Waals surface area (Å²) in [5.74, 6) is 0. The van der Waals surface area contributed by atoms with Crippen LogP contribution in [0.3, 0.4) is 0 Å². The van der Waals surface area contributed by atoms with Crippen LogP contribution in [0.4, 0.5) is 0 Å². The van der Waals surface area contributed by atoms with Crippen LogP contribution < -0.4 is 5.32 Å². The van der Waals surface area contributed by atoms with Crippen molar-refractivity contribution < 1.29 is 5.11 Å². The maximum Gasteiger partial charge on any atom is 0.0948 e. The summed E-state index contributed by atoms with van der Waals surface area (Å²) in [6, 6.07) is 2.70. The maximum atomic E-state index is 10.8. The van der Waals surface area contributed by atoms with Gasteiger partial charge >= 0.3 is 0 Å². The number of aliphatic hydroxyl groups is 1. The molecule has 0 radical (unpaired) electrons. The third kappa shape index (κ3) is 3.58. The summed E-state index contributed by atoms with van der Waals surface area (Å²) < 4.78 is 0. The van der Waals surface area contributed by atoms with Crippen LogP contribution in [0.2, 0.25) is 0 Å². The average molecular weight is 263 g/mol. The number of rotatable bonds is 5. The minimum absolute atomic E-state index is 0.110. The number of aryl methyl sites for hydroxylation is 2. The van der Waals surface area contributed by atoms with Gasteiger partial charge in [0.15, 0.2) is 0 Å². The van der Waals surface area contributed by atoms with Crippen LogP contribution in [0, 0.1) is 27.7 Å². The standard InChI is InChI=1S/C17H29NO/c1-8-15(18-10(2)3)17(19)16-13(6)11(4)9-12(5)14(16)7/h9-10,15,17-19H,8H2,1-7H3. The summed E-state index contributed by atoms with van der Waals surface area (Å²) in [6.07, 6.45) is 0.483. The third-order valence-corrected chi connectivity index (χ3v) is 4.09. The molecule has 1 aromatic carbocycles. The molecule has 19 heavy (non-hydrogen) atoms. The summed E-state index contributed by atoms with van der Waals surface area (Å²) in [4.78, 5) is 0. The Morgan fingerprint density at radius 1 is 1.05 bits per heavy atom. The molecule has 0 bridgehead atoms. The predicted molar refractivity (Wildman–Crippen MR) is 82.7 cm³/mol. The van der Waals surface area contributed by atoms with E-state index < -0.39 is 6.10 Å². The molecule has 0 saturated carbocycles. The lowest BCUT2D eigenvalue weighted by Crippen LogP contribution is -2.39. The van der Waals surface area contributed by atoms with Crippen LogP contribution in [0.25, 0.3) is 0 Å². The highest BCUT2D eigenvalue weighted by Gasteiger charge is 2.24. The second kappa shape index (κ2) is 6.53. The Bertz CT molecular complexity index is 411. The molecule has 0 saturated heterocycles. The zero-order valence-electron chi connectivity index (χ0n) is 13.5. The molecule has 2 atom stereocenters. The molecule has 2 nitrogen and oxygen atoms in total. The highest BCUT2D eigenvalue weighted by Crippen LogP contribution is 2.30. The molecular weight excluding hydrogens is 234 g/mol. The van der Waals surface area contributed by atoms with Gasteiger partial charge in [0.1, 0.15) is 0 Å². The average Bonchev–Trinajstić information content (AvgIpc) is 2.33. The number of aliphatic hydroxyl groups excluding tert-OH is 1. The van der Waals surface area contributed by atoms with Crippen molar-refractivity contribution in [3.05, 3.63) is 33.9 Å². The Morgan fingerprint density at radius 2 is 1.53 bits per heavy atom. The molecule has 0 aliphatic heterocycles. The van der Waals surface area contributed by atoms with Gasteiger partial charge in [-0.25, -0.2) is 0 Å². The van der Waals surface area contributed by atoms with Crippen molar-refractivity contribution in [3.8, 4) is 0 Å². The van der Waals surface area contributed by atoms with E-state index in [1.54, 1.807) is 0 Å². The van der Waals surface area contributed by atoms with E-state index in [0.717, 1.165) is 12.0 Å². The van der Waals surface area contributed by atoms with Gasteiger partial charge in [-0.3, -0.25) is 0 Å². The fourth-order valence-electron chi connectivity index (χ4n) is 2.75. The van der Waals surface area contributed by atoms with Crippen LogP contribution in [0.15, 0.2) is 6.07 Å². The highest BCUT2D eigenvalue weighted by atomic mass is 16.3. The van der Waals surface area contributed by atoms with E-state index in [-0.39, 0.29) is 6.04 Å². The van der Waals surface area contributed by atoms with Crippen LogP contribution >= 0.6 is 0 Å². The van der Waals surface area contributed by atoms with Gasteiger partial charge in [-0.05, 0) is 61.9 Å². The molecule has 0 aliphatic carbocycles. The summed E-state index contributed by atoms with van der Waals surface area (Å²) in [5, 5.41) is 14.2. The van der Waals surface area contributed by atoms with E-state index in [1.807, 2.05) is 0 Å². The van der Waals surface area contributed by atoms with Crippen molar-refractivity contribution in [2.24, 2.45) is 0 Å².